The first kappa shape index (κ1) is 14.7. The average molecular weight is 250 g/mol. The number of rotatable bonds is 5. The second-order valence-electron chi connectivity index (χ2n) is 5.33. The molecule has 1 aromatic rings. The molecule has 18 heavy (non-hydrogen) atoms. The lowest BCUT2D eigenvalue weighted by molar-refractivity contribution is -0.121. The molecule has 0 saturated heterocycles. The summed E-state index contributed by atoms with van der Waals surface area (Å²) in [6, 6.07) is 9.29. The van der Waals surface area contributed by atoms with Gasteiger partial charge in [0.15, 0.2) is 0 Å². The highest BCUT2D eigenvalue weighted by molar-refractivity contribution is 5.78. The van der Waals surface area contributed by atoms with Crippen LogP contribution in [0.15, 0.2) is 30.3 Å². The van der Waals surface area contributed by atoms with Gasteiger partial charge in [0.05, 0.1) is 12.6 Å². The van der Waals surface area contributed by atoms with E-state index in [9.17, 15) is 9.90 Å². The van der Waals surface area contributed by atoms with E-state index in [0.29, 0.717) is 0 Å². The largest absolute Gasteiger partial charge is 0.387 e. The molecule has 0 saturated carbocycles. The zero-order valence-electron chi connectivity index (χ0n) is 11.2. The molecule has 4 heteroatoms. The number of aliphatic hydroxyl groups is 1. The summed E-state index contributed by atoms with van der Waals surface area (Å²) < 4.78 is 0. The third-order valence-electron chi connectivity index (χ3n) is 2.46. The number of hydrogen-bond donors (Lipinski definition) is 3. The van der Waals surface area contributed by atoms with Gasteiger partial charge in [-0.1, -0.05) is 30.3 Å². The first-order valence-electron chi connectivity index (χ1n) is 6.13. The summed E-state index contributed by atoms with van der Waals surface area (Å²) in [6.07, 6.45) is -0.662. The molecule has 0 fully saturated rings. The van der Waals surface area contributed by atoms with Crippen molar-refractivity contribution >= 4 is 5.91 Å². The van der Waals surface area contributed by atoms with Crippen molar-refractivity contribution in [3.8, 4) is 0 Å². The average Bonchev–Trinajstić information content (AvgIpc) is 2.33. The van der Waals surface area contributed by atoms with Gasteiger partial charge in [-0.2, -0.15) is 0 Å². The molecule has 0 bridgehead atoms. The number of carbonyl (C=O) groups is 1. The molecule has 1 rings (SSSR count). The molecule has 0 aliphatic rings. The van der Waals surface area contributed by atoms with E-state index in [4.69, 9.17) is 0 Å². The van der Waals surface area contributed by atoms with Gasteiger partial charge in [0.25, 0.3) is 0 Å². The highest BCUT2D eigenvalue weighted by Gasteiger charge is 2.12. The van der Waals surface area contributed by atoms with Gasteiger partial charge in [0, 0.05) is 12.1 Å². The minimum absolute atomic E-state index is 0.0879. The number of amides is 1. The first-order chi connectivity index (χ1) is 8.38. The molecule has 0 heterocycles. The van der Waals surface area contributed by atoms with Crippen molar-refractivity contribution in [2.75, 3.05) is 13.1 Å². The summed E-state index contributed by atoms with van der Waals surface area (Å²) in [7, 11) is 0. The molecule has 0 spiro atoms. The Morgan fingerprint density at radius 2 is 1.89 bits per heavy atom. The van der Waals surface area contributed by atoms with E-state index in [-0.39, 0.29) is 24.5 Å². The lowest BCUT2D eigenvalue weighted by Crippen LogP contribution is -2.44. The predicted octanol–water partition coefficient (Wildman–Crippen LogP) is 1.22. The molecular formula is C14H22N2O2. The Morgan fingerprint density at radius 1 is 1.28 bits per heavy atom. The molecule has 1 atom stereocenters. The van der Waals surface area contributed by atoms with Gasteiger partial charge in [-0.05, 0) is 26.3 Å². The van der Waals surface area contributed by atoms with Crippen molar-refractivity contribution < 1.29 is 9.90 Å². The van der Waals surface area contributed by atoms with Crippen molar-refractivity contribution in [3.63, 3.8) is 0 Å². The molecule has 0 aromatic heterocycles. The van der Waals surface area contributed by atoms with E-state index < -0.39 is 6.10 Å². The molecule has 1 aromatic carbocycles. The predicted molar refractivity (Wildman–Crippen MR) is 72.2 cm³/mol. The van der Waals surface area contributed by atoms with Crippen LogP contribution in [0.4, 0.5) is 0 Å². The van der Waals surface area contributed by atoms with Crippen LogP contribution in [-0.2, 0) is 4.79 Å². The van der Waals surface area contributed by atoms with E-state index in [1.54, 1.807) is 0 Å². The number of aliphatic hydroxyl groups excluding tert-OH is 1. The van der Waals surface area contributed by atoms with Gasteiger partial charge in [0.2, 0.25) is 5.91 Å². The maximum absolute atomic E-state index is 11.5. The molecule has 3 N–H and O–H groups in total. The highest BCUT2D eigenvalue weighted by atomic mass is 16.3. The van der Waals surface area contributed by atoms with Crippen LogP contribution >= 0.6 is 0 Å². The third kappa shape index (κ3) is 5.80. The molecule has 100 valence electrons. The zero-order valence-corrected chi connectivity index (χ0v) is 11.2. The Balaban J connectivity index is 2.31. The second-order valence-corrected chi connectivity index (χ2v) is 5.33. The normalized spacial score (nSPS) is 13.1. The van der Waals surface area contributed by atoms with Gasteiger partial charge in [-0.25, -0.2) is 0 Å². The fourth-order valence-corrected chi connectivity index (χ4v) is 1.41. The number of hydrogen-bond acceptors (Lipinski definition) is 3. The van der Waals surface area contributed by atoms with Crippen molar-refractivity contribution in [2.45, 2.75) is 32.4 Å². The standard InChI is InChI=1S/C14H22N2O2/c1-14(2,3)16-10-13(18)15-9-12(17)11-7-5-4-6-8-11/h4-8,12,16-17H,9-10H2,1-3H3,(H,15,18). The quantitative estimate of drug-likeness (QED) is 0.736. The third-order valence-corrected chi connectivity index (χ3v) is 2.46. The van der Waals surface area contributed by atoms with Crippen molar-refractivity contribution in [2.24, 2.45) is 0 Å². The van der Waals surface area contributed by atoms with Gasteiger partial charge < -0.3 is 15.7 Å². The van der Waals surface area contributed by atoms with Crippen molar-refractivity contribution in [3.05, 3.63) is 35.9 Å². The number of nitrogens with one attached hydrogen (secondary N) is 2. The van der Waals surface area contributed by atoms with Crippen molar-refractivity contribution in [1.29, 1.82) is 0 Å². The van der Waals surface area contributed by atoms with Crippen LogP contribution in [-0.4, -0.2) is 29.6 Å². The SMILES string of the molecule is CC(C)(C)NCC(=O)NCC(O)c1ccccc1. The van der Waals surface area contributed by atoms with E-state index in [0.717, 1.165) is 5.56 Å². The highest BCUT2D eigenvalue weighted by Crippen LogP contribution is 2.10. The number of carbonyl (C=O) groups excluding carboxylic acids is 1. The van der Waals surface area contributed by atoms with Crippen LogP contribution < -0.4 is 10.6 Å². The van der Waals surface area contributed by atoms with Crippen LogP contribution in [0.1, 0.15) is 32.4 Å². The molecule has 4 nitrogen and oxygen atoms in total. The minimum Gasteiger partial charge on any atom is -0.387 e. The lowest BCUT2D eigenvalue weighted by Gasteiger charge is -2.20. The fraction of sp³-hybridized carbons (Fsp3) is 0.500. The van der Waals surface area contributed by atoms with Crippen LogP contribution in [0, 0.1) is 0 Å². The minimum atomic E-state index is -0.662. The molecule has 0 aliphatic carbocycles. The zero-order chi connectivity index (χ0) is 13.6. The Morgan fingerprint density at radius 3 is 2.44 bits per heavy atom. The number of benzene rings is 1. The Bertz CT molecular complexity index is 371. The molecular weight excluding hydrogens is 228 g/mol. The van der Waals surface area contributed by atoms with Crippen LogP contribution in [0.3, 0.4) is 0 Å². The van der Waals surface area contributed by atoms with E-state index in [1.807, 2.05) is 51.1 Å². The summed E-state index contributed by atoms with van der Waals surface area (Å²) in [5, 5.41) is 15.7. The summed E-state index contributed by atoms with van der Waals surface area (Å²) >= 11 is 0. The summed E-state index contributed by atoms with van der Waals surface area (Å²) in [5.41, 5.74) is 0.719. The van der Waals surface area contributed by atoms with E-state index in [2.05, 4.69) is 10.6 Å². The Kier molecular flexibility index (Phi) is 5.31. The molecule has 0 radical (unpaired) electrons. The van der Waals surface area contributed by atoms with Gasteiger partial charge >= 0.3 is 0 Å². The Labute approximate surface area is 108 Å². The van der Waals surface area contributed by atoms with Crippen LogP contribution in [0.5, 0.6) is 0 Å². The van der Waals surface area contributed by atoms with Crippen LogP contribution in [0.25, 0.3) is 0 Å². The lowest BCUT2D eigenvalue weighted by atomic mass is 10.1. The van der Waals surface area contributed by atoms with Gasteiger partial charge in [-0.3, -0.25) is 4.79 Å². The van der Waals surface area contributed by atoms with Gasteiger partial charge in [-0.15, -0.1) is 0 Å². The van der Waals surface area contributed by atoms with Crippen molar-refractivity contribution in [1.82, 2.24) is 10.6 Å². The van der Waals surface area contributed by atoms with Gasteiger partial charge in [0.1, 0.15) is 0 Å². The van der Waals surface area contributed by atoms with E-state index in [1.165, 1.54) is 0 Å². The maximum Gasteiger partial charge on any atom is 0.234 e. The van der Waals surface area contributed by atoms with E-state index >= 15 is 0 Å². The molecule has 1 amide bonds. The summed E-state index contributed by atoms with van der Waals surface area (Å²) in [5.74, 6) is -0.111. The molecule has 1 unspecified atom stereocenters. The fourth-order valence-electron chi connectivity index (χ4n) is 1.41. The summed E-state index contributed by atoms with van der Waals surface area (Å²) in [4.78, 5) is 11.5. The van der Waals surface area contributed by atoms with Crippen LogP contribution in [0.2, 0.25) is 0 Å². The monoisotopic (exact) mass is 250 g/mol. The maximum atomic E-state index is 11.5. The molecule has 0 aliphatic heterocycles. The summed E-state index contributed by atoms with van der Waals surface area (Å²) in [6.45, 7) is 6.48. The smallest absolute Gasteiger partial charge is 0.234 e. The topological polar surface area (TPSA) is 61.4 Å². The second kappa shape index (κ2) is 6.52. The Hall–Kier alpha value is -1.39. The first-order valence-corrected chi connectivity index (χ1v) is 6.13.